The zero-order chi connectivity index (χ0) is 12.7. The van der Waals surface area contributed by atoms with Crippen molar-refractivity contribution in [2.75, 3.05) is 6.54 Å². The summed E-state index contributed by atoms with van der Waals surface area (Å²) in [6.07, 6.45) is 2.92. The summed E-state index contributed by atoms with van der Waals surface area (Å²) >= 11 is 1.56. The topological polar surface area (TPSA) is 74.2 Å². The normalized spacial score (nSPS) is 12.2. The Morgan fingerprint density at radius 2 is 2.35 bits per heavy atom. The van der Waals surface area contributed by atoms with E-state index in [1.165, 1.54) is 0 Å². The summed E-state index contributed by atoms with van der Waals surface area (Å²) in [4.78, 5) is 16.6. The van der Waals surface area contributed by atoms with Crippen molar-refractivity contribution in [3.05, 3.63) is 16.1 Å². The molecule has 0 radical (unpaired) electrons. The second-order valence-electron chi connectivity index (χ2n) is 3.87. The lowest BCUT2D eigenvalue weighted by Gasteiger charge is -2.10. The molecule has 1 atom stereocenters. The van der Waals surface area contributed by atoms with E-state index in [0.717, 1.165) is 16.3 Å². The Morgan fingerprint density at radius 1 is 1.59 bits per heavy atom. The molecule has 96 valence electrons. The van der Waals surface area contributed by atoms with Crippen LogP contribution in [-0.4, -0.2) is 28.8 Å². The Kier molecular flexibility index (Phi) is 5.93. The van der Waals surface area contributed by atoms with Crippen LogP contribution in [0.3, 0.4) is 0 Å². The van der Waals surface area contributed by atoms with Crippen molar-refractivity contribution >= 4 is 17.4 Å². The van der Waals surface area contributed by atoms with Crippen LogP contribution in [0, 0.1) is 6.92 Å². The molecule has 5 nitrogen and oxygen atoms in total. The van der Waals surface area contributed by atoms with Gasteiger partial charge in [0, 0.05) is 17.6 Å². The van der Waals surface area contributed by atoms with E-state index in [1.807, 2.05) is 13.8 Å². The molecule has 0 aliphatic carbocycles. The number of nitrogens with one attached hydrogen (secondary N) is 2. The molecule has 2 amide bonds. The molecule has 1 rings (SSSR count). The van der Waals surface area contributed by atoms with Crippen molar-refractivity contribution < 1.29 is 9.90 Å². The van der Waals surface area contributed by atoms with E-state index in [0.29, 0.717) is 13.0 Å². The van der Waals surface area contributed by atoms with E-state index in [-0.39, 0.29) is 12.6 Å². The van der Waals surface area contributed by atoms with Crippen LogP contribution >= 0.6 is 11.3 Å². The highest BCUT2D eigenvalue weighted by Gasteiger charge is 2.06. The third-order valence-electron chi connectivity index (χ3n) is 2.19. The van der Waals surface area contributed by atoms with Crippen LogP contribution in [0.5, 0.6) is 0 Å². The summed E-state index contributed by atoms with van der Waals surface area (Å²) in [6.45, 7) is 4.68. The van der Waals surface area contributed by atoms with Crippen LogP contribution in [0.15, 0.2) is 6.20 Å². The molecule has 17 heavy (non-hydrogen) atoms. The fourth-order valence-electron chi connectivity index (χ4n) is 1.35. The van der Waals surface area contributed by atoms with Gasteiger partial charge >= 0.3 is 6.03 Å². The fourth-order valence-corrected chi connectivity index (χ4v) is 2.07. The molecule has 1 unspecified atom stereocenters. The molecule has 0 fully saturated rings. The minimum atomic E-state index is -0.465. The lowest BCUT2D eigenvalue weighted by atomic mass is 10.2. The fraction of sp³-hybridized carbons (Fsp3) is 0.636. The molecule has 6 heteroatoms. The maximum atomic E-state index is 11.4. The monoisotopic (exact) mass is 257 g/mol. The van der Waals surface area contributed by atoms with Gasteiger partial charge < -0.3 is 15.7 Å². The summed E-state index contributed by atoms with van der Waals surface area (Å²) in [5, 5.41) is 15.6. The number of aryl methyl sites for hydroxylation is 1. The van der Waals surface area contributed by atoms with E-state index in [2.05, 4.69) is 15.6 Å². The minimum absolute atomic E-state index is 0.270. The second kappa shape index (κ2) is 7.24. The van der Waals surface area contributed by atoms with Gasteiger partial charge in [-0.2, -0.15) is 0 Å². The second-order valence-corrected chi connectivity index (χ2v) is 5.19. The summed E-state index contributed by atoms with van der Waals surface area (Å²) in [5.41, 5.74) is 0. The molecular weight excluding hydrogens is 238 g/mol. The number of hydrogen-bond acceptors (Lipinski definition) is 4. The molecule has 0 aromatic carbocycles. The Labute approximate surface area is 105 Å². The largest absolute Gasteiger partial charge is 0.391 e. The van der Waals surface area contributed by atoms with Crippen molar-refractivity contribution in [1.29, 1.82) is 0 Å². The first kappa shape index (κ1) is 13.9. The maximum absolute atomic E-state index is 11.4. The number of amides is 2. The average Bonchev–Trinajstić information content (AvgIpc) is 2.70. The van der Waals surface area contributed by atoms with Crippen molar-refractivity contribution in [2.45, 2.75) is 39.3 Å². The first-order chi connectivity index (χ1) is 8.11. The highest BCUT2D eigenvalue weighted by Crippen LogP contribution is 2.10. The quantitative estimate of drug-likeness (QED) is 0.721. The number of aliphatic hydroxyl groups excluding tert-OH is 1. The van der Waals surface area contributed by atoms with Crippen LogP contribution in [0.25, 0.3) is 0 Å². The highest BCUT2D eigenvalue weighted by atomic mass is 32.1. The Morgan fingerprint density at radius 3 is 2.94 bits per heavy atom. The molecule has 1 heterocycles. The van der Waals surface area contributed by atoms with Gasteiger partial charge in [-0.3, -0.25) is 0 Å². The minimum Gasteiger partial charge on any atom is -0.391 e. The summed E-state index contributed by atoms with van der Waals surface area (Å²) in [5.74, 6) is 0. The number of carbonyl (C=O) groups is 1. The van der Waals surface area contributed by atoms with Crippen LogP contribution in [0.2, 0.25) is 0 Å². The third kappa shape index (κ3) is 5.65. The zero-order valence-corrected chi connectivity index (χ0v) is 11.0. The van der Waals surface area contributed by atoms with Crippen LogP contribution in [0.4, 0.5) is 4.79 Å². The van der Waals surface area contributed by atoms with Crippen molar-refractivity contribution in [3.8, 4) is 0 Å². The number of urea groups is 1. The standard InChI is InChI=1S/C11H19N3O2S/c1-3-4-9(15)6-13-11(16)14-7-10-12-5-8(2)17-10/h5,9,15H,3-4,6-7H2,1-2H3,(H2,13,14,16). The lowest BCUT2D eigenvalue weighted by molar-refractivity contribution is 0.160. The zero-order valence-electron chi connectivity index (χ0n) is 10.2. The van der Waals surface area contributed by atoms with Crippen molar-refractivity contribution in [1.82, 2.24) is 15.6 Å². The number of rotatable bonds is 6. The van der Waals surface area contributed by atoms with Crippen molar-refractivity contribution in [3.63, 3.8) is 0 Å². The van der Waals surface area contributed by atoms with Gasteiger partial charge in [0.05, 0.1) is 12.6 Å². The van der Waals surface area contributed by atoms with Gasteiger partial charge in [-0.1, -0.05) is 13.3 Å². The van der Waals surface area contributed by atoms with Crippen LogP contribution in [0.1, 0.15) is 29.7 Å². The number of aromatic nitrogens is 1. The highest BCUT2D eigenvalue weighted by molar-refractivity contribution is 7.11. The first-order valence-corrected chi connectivity index (χ1v) is 6.54. The van der Waals surface area contributed by atoms with E-state index in [9.17, 15) is 9.90 Å². The lowest BCUT2D eigenvalue weighted by Crippen LogP contribution is -2.39. The van der Waals surface area contributed by atoms with Gasteiger partial charge in [0.25, 0.3) is 0 Å². The van der Waals surface area contributed by atoms with Gasteiger partial charge in [-0.15, -0.1) is 11.3 Å². The molecular formula is C11H19N3O2S. The average molecular weight is 257 g/mol. The third-order valence-corrected chi connectivity index (χ3v) is 3.10. The van der Waals surface area contributed by atoms with Gasteiger partial charge in [0.2, 0.25) is 0 Å². The Hall–Kier alpha value is -1.14. The number of carbonyl (C=O) groups excluding carboxylic acids is 1. The predicted octanol–water partition coefficient (Wildman–Crippen LogP) is 1.41. The molecule has 0 aliphatic heterocycles. The Bertz CT molecular complexity index is 354. The number of hydrogen-bond donors (Lipinski definition) is 3. The van der Waals surface area contributed by atoms with Gasteiger partial charge in [-0.05, 0) is 13.3 Å². The van der Waals surface area contributed by atoms with Gasteiger partial charge in [0.1, 0.15) is 5.01 Å². The van der Waals surface area contributed by atoms with Crippen molar-refractivity contribution in [2.24, 2.45) is 0 Å². The molecule has 0 aliphatic rings. The molecule has 0 saturated carbocycles. The number of aliphatic hydroxyl groups is 1. The molecule has 0 saturated heterocycles. The molecule has 1 aromatic heterocycles. The van der Waals surface area contributed by atoms with E-state index >= 15 is 0 Å². The van der Waals surface area contributed by atoms with Crippen LogP contribution in [-0.2, 0) is 6.54 Å². The van der Waals surface area contributed by atoms with E-state index < -0.39 is 6.10 Å². The molecule has 0 spiro atoms. The predicted molar refractivity (Wildman–Crippen MR) is 68.0 cm³/mol. The van der Waals surface area contributed by atoms with Gasteiger partial charge in [0.15, 0.2) is 0 Å². The maximum Gasteiger partial charge on any atom is 0.315 e. The van der Waals surface area contributed by atoms with Gasteiger partial charge in [-0.25, -0.2) is 9.78 Å². The molecule has 0 bridgehead atoms. The van der Waals surface area contributed by atoms with Crippen LogP contribution < -0.4 is 10.6 Å². The Balaban J connectivity index is 2.17. The number of thiazole rings is 1. The SMILES string of the molecule is CCCC(O)CNC(=O)NCc1ncc(C)s1. The summed E-state index contributed by atoms with van der Waals surface area (Å²) in [6, 6.07) is -0.270. The molecule has 3 N–H and O–H groups in total. The molecule has 1 aromatic rings. The first-order valence-electron chi connectivity index (χ1n) is 5.73. The number of nitrogens with zero attached hydrogens (tertiary/aromatic N) is 1. The van der Waals surface area contributed by atoms with E-state index in [1.54, 1.807) is 17.5 Å². The van der Waals surface area contributed by atoms with E-state index in [4.69, 9.17) is 0 Å². The summed E-state index contributed by atoms with van der Waals surface area (Å²) < 4.78 is 0. The smallest absolute Gasteiger partial charge is 0.315 e. The summed E-state index contributed by atoms with van der Waals surface area (Å²) in [7, 11) is 0.